The Morgan fingerprint density at radius 3 is 2.21 bits per heavy atom. The zero-order valence-electron chi connectivity index (χ0n) is 21.4. The van der Waals surface area contributed by atoms with E-state index in [1.165, 1.54) is 13.4 Å². The van der Waals surface area contributed by atoms with Crippen LogP contribution in [0.4, 0.5) is 23.0 Å². The van der Waals surface area contributed by atoms with Crippen molar-refractivity contribution >= 4 is 34.7 Å². The zero-order valence-corrected chi connectivity index (χ0v) is 21.4. The van der Waals surface area contributed by atoms with Crippen LogP contribution in [0.15, 0.2) is 60.9 Å². The number of ketones is 1. The largest absolute Gasteiger partial charge is 0.494 e. The predicted molar refractivity (Wildman–Crippen MR) is 144 cm³/mol. The zero-order chi connectivity index (χ0) is 26.6. The van der Waals surface area contributed by atoms with Crippen LogP contribution >= 0.6 is 0 Å². The molecule has 0 radical (unpaired) electrons. The van der Waals surface area contributed by atoms with E-state index in [4.69, 9.17) is 14.2 Å². The Labute approximate surface area is 222 Å². The normalized spacial score (nSPS) is 17.4. The quantitative estimate of drug-likeness (QED) is 0.452. The van der Waals surface area contributed by atoms with Gasteiger partial charge in [0.25, 0.3) is 5.91 Å². The van der Waals surface area contributed by atoms with Crippen molar-refractivity contribution < 1.29 is 23.8 Å². The van der Waals surface area contributed by atoms with Crippen LogP contribution in [0.25, 0.3) is 0 Å². The average Bonchev–Trinajstić information content (AvgIpc) is 2.91. The minimum absolute atomic E-state index is 0.0503. The first-order chi connectivity index (χ1) is 18.6. The third kappa shape index (κ3) is 8.45. The molecule has 10 heteroatoms. The summed E-state index contributed by atoms with van der Waals surface area (Å²) in [4.78, 5) is 33.8. The number of nitrogens with one attached hydrogen (secondary N) is 3. The van der Waals surface area contributed by atoms with Crippen molar-refractivity contribution in [3.8, 4) is 11.5 Å². The number of aromatic nitrogens is 2. The number of Topliss-reactive ketones (excluding diaryl/α,β-unsaturated/α-hetero) is 1. The van der Waals surface area contributed by atoms with E-state index in [-0.39, 0.29) is 24.9 Å². The number of benzene rings is 2. The SMILES string of the molecule is COCC1NC(=O)COc2cccc(c2)Nc2cc(ncn2)Nc2cccc(c2)OCCCCCCC1=O. The van der Waals surface area contributed by atoms with E-state index < -0.39 is 6.04 Å². The van der Waals surface area contributed by atoms with Gasteiger partial charge in [-0.3, -0.25) is 9.59 Å². The molecule has 0 spiro atoms. The average molecular weight is 520 g/mol. The molecule has 3 aromatic rings. The second-order valence-corrected chi connectivity index (χ2v) is 8.94. The number of carbonyl (C=O) groups excluding carboxylic acids is 2. The van der Waals surface area contributed by atoms with E-state index in [1.807, 2.05) is 36.4 Å². The summed E-state index contributed by atoms with van der Waals surface area (Å²) in [5, 5.41) is 9.24. The van der Waals surface area contributed by atoms with Crippen molar-refractivity contribution in [2.24, 2.45) is 0 Å². The number of nitrogens with zero attached hydrogens (tertiary/aromatic N) is 2. The lowest BCUT2D eigenvalue weighted by Gasteiger charge is -2.17. The molecule has 38 heavy (non-hydrogen) atoms. The molecule has 6 bridgehead atoms. The number of amides is 1. The summed E-state index contributed by atoms with van der Waals surface area (Å²) >= 11 is 0. The first-order valence-corrected chi connectivity index (χ1v) is 12.7. The van der Waals surface area contributed by atoms with Crippen LogP contribution in [0.1, 0.15) is 32.1 Å². The number of anilines is 4. The second kappa shape index (κ2) is 13.9. The summed E-state index contributed by atoms with van der Waals surface area (Å²) in [5.41, 5.74) is 1.57. The molecule has 1 unspecified atom stereocenters. The molecule has 1 aliphatic rings. The molecule has 3 N–H and O–H groups in total. The van der Waals surface area contributed by atoms with Gasteiger partial charge in [-0.15, -0.1) is 0 Å². The molecular formula is C28H33N5O5. The van der Waals surface area contributed by atoms with Crippen LogP contribution in [-0.2, 0) is 14.3 Å². The molecule has 1 atom stereocenters. The molecule has 0 saturated carbocycles. The molecule has 0 aliphatic carbocycles. The smallest absolute Gasteiger partial charge is 0.258 e. The second-order valence-electron chi connectivity index (χ2n) is 8.94. The highest BCUT2D eigenvalue weighted by atomic mass is 16.5. The third-order valence-corrected chi connectivity index (χ3v) is 5.89. The summed E-state index contributed by atoms with van der Waals surface area (Å²) in [5.74, 6) is 2.03. The van der Waals surface area contributed by atoms with Gasteiger partial charge in [0.15, 0.2) is 12.4 Å². The van der Waals surface area contributed by atoms with Crippen molar-refractivity contribution in [3.63, 3.8) is 0 Å². The van der Waals surface area contributed by atoms with Gasteiger partial charge in [-0.05, 0) is 37.1 Å². The Morgan fingerprint density at radius 1 is 0.868 bits per heavy atom. The molecule has 0 fully saturated rings. The maximum absolute atomic E-state index is 12.7. The van der Waals surface area contributed by atoms with Crippen LogP contribution in [0, 0.1) is 0 Å². The molecule has 2 heterocycles. The van der Waals surface area contributed by atoms with Crippen molar-refractivity contribution in [2.45, 2.75) is 38.1 Å². The Bertz CT molecular complexity index is 1220. The summed E-state index contributed by atoms with van der Waals surface area (Å²) in [6.45, 7) is 0.477. The van der Waals surface area contributed by atoms with Crippen molar-refractivity contribution in [2.75, 3.05) is 37.6 Å². The van der Waals surface area contributed by atoms with Gasteiger partial charge in [0.2, 0.25) is 0 Å². The fraction of sp³-hybridized carbons (Fsp3) is 0.357. The lowest BCUT2D eigenvalue weighted by Crippen LogP contribution is -2.45. The van der Waals surface area contributed by atoms with Gasteiger partial charge in [-0.25, -0.2) is 9.97 Å². The molecule has 1 aliphatic heterocycles. The molecule has 4 rings (SSSR count). The van der Waals surface area contributed by atoms with Gasteiger partial charge in [0, 0.05) is 43.1 Å². The Balaban J connectivity index is 1.49. The number of hydrogen-bond acceptors (Lipinski definition) is 9. The first kappa shape index (κ1) is 26.9. The van der Waals surface area contributed by atoms with Gasteiger partial charge in [-0.1, -0.05) is 25.0 Å². The van der Waals surface area contributed by atoms with E-state index in [1.54, 1.807) is 18.2 Å². The third-order valence-electron chi connectivity index (χ3n) is 5.89. The summed E-state index contributed by atoms with van der Waals surface area (Å²) < 4.78 is 16.8. The fourth-order valence-corrected chi connectivity index (χ4v) is 4.00. The summed E-state index contributed by atoms with van der Waals surface area (Å²) in [6, 6.07) is 16.0. The van der Waals surface area contributed by atoms with Crippen molar-refractivity contribution in [1.29, 1.82) is 0 Å². The van der Waals surface area contributed by atoms with Crippen LogP contribution in [0.3, 0.4) is 0 Å². The predicted octanol–water partition coefficient (Wildman–Crippen LogP) is 4.39. The first-order valence-electron chi connectivity index (χ1n) is 12.7. The lowest BCUT2D eigenvalue weighted by molar-refractivity contribution is -0.130. The highest BCUT2D eigenvalue weighted by Crippen LogP contribution is 2.24. The molecule has 200 valence electrons. The number of hydrogen-bond donors (Lipinski definition) is 3. The van der Waals surface area contributed by atoms with Crippen LogP contribution < -0.4 is 25.4 Å². The lowest BCUT2D eigenvalue weighted by atomic mass is 10.1. The summed E-state index contributed by atoms with van der Waals surface area (Å²) in [6.07, 6.45) is 5.30. The number of fused-ring (bicyclic) bond motifs is 6. The van der Waals surface area contributed by atoms with E-state index in [2.05, 4.69) is 25.9 Å². The van der Waals surface area contributed by atoms with Gasteiger partial charge in [0.1, 0.15) is 35.5 Å². The Morgan fingerprint density at radius 2 is 1.53 bits per heavy atom. The summed E-state index contributed by atoms with van der Waals surface area (Å²) in [7, 11) is 1.51. The van der Waals surface area contributed by atoms with E-state index in [9.17, 15) is 9.59 Å². The van der Waals surface area contributed by atoms with Gasteiger partial charge in [0.05, 0.1) is 13.2 Å². The fourth-order valence-electron chi connectivity index (χ4n) is 4.00. The molecule has 10 nitrogen and oxygen atoms in total. The standard InChI is InChI=1S/C28H33N5O5/c1-36-17-24-25(34)12-4-2-3-5-13-37-22-10-6-8-20(14-22)31-26-16-27(30-19-29-26)32-21-9-7-11-23(15-21)38-18-28(35)33-24/h6-11,14-16,19,24H,2-5,12-13,17-18H2,1H3,(H,33,35)(H2,29,30,31,32). The van der Waals surface area contributed by atoms with E-state index in [0.29, 0.717) is 30.4 Å². The Kier molecular flexibility index (Phi) is 9.86. The van der Waals surface area contributed by atoms with Gasteiger partial charge < -0.3 is 30.2 Å². The van der Waals surface area contributed by atoms with Gasteiger partial charge >= 0.3 is 0 Å². The molecule has 0 saturated heterocycles. The van der Waals surface area contributed by atoms with Crippen LogP contribution in [-0.4, -0.2) is 54.6 Å². The van der Waals surface area contributed by atoms with Crippen molar-refractivity contribution in [3.05, 3.63) is 60.9 Å². The van der Waals surface area contributed by atoms with Crippen molar-refractivity contribution in [1.82, 2.24) is 15.3 Å². The van der Waals surface area contributed by atoms with E-state index >= 15 is 0 Å². The monoisotopic (exact) mass is 519 g/mol. The molecular weight excluding hydrogens is 486 g/mol. The minimum Gasteiger partial charge on any atom is -0.494 e. The van der Waals surface area contributed by atoms with Gasteiger partial charge in [-0.2, -0.15) is 0 Å². The highest BCUT2D eigenvalue weighted by Gasteiger charge is 2.20. The minimum atomic E-state index is -0.703. The number of carbonyl (C=O) groups is 2. The number of rotatable bonds is 2. The number of ether oxygens (including phenoxy) is 3. The molecule has 1 amide bonds. The highest BCUT2D eigenvalue weighted by molar-refractivity contribution is 5.89. The maximum atomic E-state index is 12.7. The maximum Gasteiger partial charge on any atom is 0.258 e. The van der Waals surface area contributed by atoms with Crippen LogP contribution in [0.2, 0.25) is 0 Å². The Hall–Kier alpha value is -4.18. The number of methoxy groups -OCH3 is 1. The van der Waals surface area contributed by atoms with Crippen LogP contribution in [0.5, 0.6) is 11.5 Å². The molecule has 1 aromatic heterocycles. The molecule has 2 aromatic carbocycles. The van der Waals surface area contributed by atoms with E-state index in [0.717, 1.165) is 42.8 Å². The topological polar surface area (TPSA) is 124 Å².